The van der Waals surface area contributed by atoms with Gasteiger partial charge >= 0.3 is 0 Å². The second-order valence-corrected chi connectivity index (χ2v) is 6.83. The topological polar surface area (TPSA) is 58.2 Å². The van der Waals surface area contributed by atoms with E-state index in [0.29, 0.717) is 18.6 Å². The Bertz CT molecular complexity index is 311. The van der Waals surface area contributed by atoms with Crippen LogP contribution >= 0.6 is 0 Å². The summed E-state index contributed by atoms with van der Waals surface area (Å²) in [5.41, 5.74) is 0. The molecular weight excluding hydrogens is 212 g/mol. The molecule has 15 heavy (non-hydrogen) atoms. The van der Waals surface area contributed by atoms with E-state index in [9.17, 15) is 8.42 Å². The summed E-state index contributed by atoms with van der Waals surface area (Å²) in [6.45, 7) is 2.71. The molecule has 2 N–H and O–H groups in total. The first-order valence-corrected chi connectivity index (χ1v) is 7.37. The summed E-state index contributed by atoms with van der Waals surface area (Å²) >= 11 is 0. The van der Waals surface area contributed by atoms with Gasteiger partial charge in [-0.25, -0.2) is 13.1 Å². The lowest BCUT2D eigenvalue weighted by Gasteiger charge is -2.28. The van der Waals surface area contributed by atoms with E-state index in [1.807, 2.05) is 0 Å². The Labute approximate surface area is 91.9 Å². The molecule has 1 saturated heterocycles. The van der Waals surface area contributed by atoms with E-state index >= 15 is 0 Å². The number of hydrogen-bond acceptors (Lipinski definition) is 3. The smallest absolute Gasteiger partial charge is 0.214 e. The van der Waals surface area contributed by atoms with Crippen molar-refractivity contribution in [2.75, 3.05) is 6.54 Å². The van der Waals surface area contributed by atoms with Gasteiger partial charge in [-0.3, -0.25) is 0 Å². The molecule has 0 aromatic carbocycles. The van der Waals surface area contributed by atoms with Crippen molar-refractivity contribution in [3.05, 3.63) is 0 Å². The fourth-order valence-electron chi connectivity index (χ4n) is 2.11. The average Bonchev–Trinajstić information content (AvgIpc) is 2.98. The molecule has 2 atom stereocenters. The second kappa shape index (κ2) is 4.39. The maximum Gasteiger partial charge on any atom is 0.214 e. The Balaban J connectivity index is 1.77. The molecule has 0 aromatic heterocycles. The molecule has 0 aromatic rings. The van der Waals surface area contributed by atoms with Gasteiger partial charge in [0.25, 0.3) is 0 Å². The van der Waals surface area contributed by atoms with E-state index in [4.69, 9.17) is 0 Å². The van der Waals surface area contributed by atoms with Gasteiger partial charge < -0.3 is 5.32 Å². The lowest BCUT2D eigenvalue weighted by atomic mass is 10.00. The van der Waals surface area contributed by atoms with Crippen LogP contribution < -0.4 is 10.0 Å². The van der Waals surface area contributed by atoms with Crippen molar-refractivity contribution in [1.29, 1.82) is 0 Å². The van der Waals surface area contributed by atoms with Gasteiger partial charge in [-0.15, -0.1) is 0 Å². The maximum absolute atomic E-state index is 11.6. The molecular formula is C10H20N2O2S. The monoisotopic (exact) mass is 232 g/mol. The zero-order chi connectivity index (χ0) is 10.9. The first-order chi connectivity index (χ1) is 7.08. The largest absolute Gasteiger partial charge is 0.310 e. The summed E-state index contributed by atoms with van der Waals surface area (Å²) in [6.07, 6.45) is 5.15. The van der Waals surface area contributed by atoms with Crippen LogP contribution in [0.25, 0.3) is 0 Å². The average molecular weight is 232 g/mol. The summed E-state index contributed by atoms with van der Waals surface area (Å²) in [7, 11) is -2.99. The highest BCUT2D eigenvalue weighted by molar-refractivity contribution is 7.90. The fraction of sp³-hybridized carbons (Fsp3) is 1.00. The molecule has 88 valence electrons. The molecule has 1 saturated carbocycles. The molecule has 1 heterocycles. The third kappa shape index (κ3) is 3.16. The van der Waals surface area contributed by atoms with E-state index < -0.39 is 10.0 Å². The minimum absolute atomic E-state index is 0.0986. The Hall–Kier alpha value is -0.130. The Kier molecular flexibility index (Phi) is 3.33. The van der Waals surface area contributed by atoms with Crippen LogP contribution in [0.15, 0.2) is 0 Å². The van der Waals surface area contributed by atoms with Crippen molar-refractivity contribution in [2.24, 2.45) is 0 Å². The number of hydrogen-bond donors (Lipinski definition) is 2. The molecule has 5 heteroatoms. The van der Waals surface area contributed by atoms with Crippen LogP contribution in [0.4, 0.5) is 0 Å². The lowest BCUT2D eigenvalue weighted by Crippen LogP contribution is -2.47. The van der Waals surface area contributed by atoms with Crippen LogP contribution in [0, 0.1) is 0 Å². The van der Waals surface area contributed by atoms with Gasteiger partial charge in [-0.05, 0) is 32.6 Å². The third-order valence-corrected chi connectivity index (χ3v) is 5.12. The quantitative estimate of drug-likeness (QED) is 0.746. The predicted octanol–water partition coefficient (Wildman–Crippen LogP) is 0.599. The molecule has 1 aliphatic carbocycles. The van der Waals surface area contributed by atoms with Crippen molar-refractivity contribution in [3.63, 3.8) is 0 Å². The van der Waals surface area contributed by atoms with Crippen molar-refractivity contribution < 1.29 is 8.42 Å². The number of piperidine rings is 1. The Morgan fingerprint density at radius 2 is 2.00 bits per heavy atom. The summed E-state index contributed by atoms with van der Waals surface area (Å²) in [4.78, 5) is 0. The summed E-state index contributed by atoms with van der Waals surface area (Å²) in [5.74, 6) is 0. The zero-order valence-corrected chi connectivity index (χ0v) is 10.0. The highest BCUT2D eigenvalue weighted by Crippen LogP contribution is 2.27. The van der Waals surface area contributed by atoms with Gasteiger partial charge in [0.15, 0.2) is 0 Å². The molecule has 2 aliphatic rings. The van der Waals surface area contributed by atoms with Crippen molar-refractivity contribution >= 4 is 10.0 Å². The fourth-order valence-corrected chi connectivity index (χ4v) is 3.54. The molecule has 0 radical (unpaired) electrons. The van der Waals surface area contributed by atoms with E-state index in [0.717, 1.165) is 19.3 Å². The Morgan fingerprint density at radius 3 is 2.60 bits per heavy atom. The van der Waals surface area contributed by atoms with E-state index in [2.05, 4.69) is 17.0 Å². The summed E-state index contributed by atoms with van der Waals surface area (Å²) < 4.78 is 25.9. The molecule has 4 nitrogen and oxygen atoms in total. The van der Waals surface area contributed by atoms with Crippen molar-refractivity contribution in [3.8, 4) is 0 Å². The first kappa shape index (κ1) is 11.4. The van der Waals surface area contributed by atoms with Crippen LogP contribution in [0.2, 0.25) is 0 Å². The van der Waals surface area contributed by atoms with Gasteiger partial charge in [0.1, 0.15) is 0 Å². The molecule has 2 rings (SSSR count). The number of nitrogens with one attached hydrogen (secondary N) is 2. The standard InChI is InChI=1S/C10H20N2O2S/c1-8-3-2-4-9(12-8)7-11-15(13,14)10-5-6-10/h8-12H,2-7H2,1H3. The maximum atomic E-state index is 11.6. The molecule has 2 unspecified atom stereocenters. The lowest BCUT2D eigenvalue weighted by molar-refractivity contribution is 0.334. The molecule has 1 aliphatic heterocycles. The van der Waals surface area contributed by atoms with Crippen LogP contribution in [-0.2, 0) is 10.0 Å². The third-order valence-electron chi connectivity index (χ3n) is 3.20. The summed E-state index contributed by atoms with van der Waals surface area (Å²) in [5, 5.41) is 3.32. The van der Waals surface area contributed by atoms with Crippen molar-refractivity contribution in [1.82, 2.24) is 10.0 Å². The van der Waals surface area contributed by atoms with E-state index in [1.54, 1.807) is 0 Å². The summed E-state index contributed by atoms with van der Waals surface area (Å²) in [6, 6.07) is 0.844. The van der Waals surface area contributed by atoms with Gasteiger partial charge in [0.2, 0.25) is 10.0 Å². The van der Waals surface area contributed by atoms with Crippen LogP contribution in [0.3, 0.4) is 0 Å². The molecule has 0 bridgehead atoms. The van der Waals surface area contributed by atoms with Crippen LogP contribution in [-0.4, -0.2) is 32.3 Å². The minimum atomic E-state index is -2.99. The zero-order valence-electron chi connectivity index (χ0n) is 9.20. The van der Waals surface area contributed by atoms with E-state index in [1.165, 1.54) is 12.8 Å². The molecule has 2 fully saturated rings. The minimum Gasteiger partial charge on any atom is -0.310 e. The predicted molar refractivity (Wildman–Crippen MR) is 60.2 cm³/mol. The highest BCUT2D eigenvalue weighted by Gasteiger charge is 2.35. The van der Waals surface area contributed by atoms with Gasteiger partial charge in [0.05, 0.1) is 5.25 Å². The second-order valence-electron chi connectivity index (χ2n) is 4.79. The normalized spacial score (nSPS) is 32.9. The number of sulfonamides is 1. The SMILES string of the molecule is CC1CCCC(CNS(=O)(=O)C2CC2)N1. The first-order valence-electron chi connectivity index (χ1n) is 5.82. The molecule has 0 spiro atoms. The Morgan fingerprint density at radius 1 is 1.27 bits per heavy atom. The number of rotatable bonds is 4. The van der Waals surface area contributed by atoms with Crippen LogP contribution in [0.5, 0.6) is 0 Å². The van der Waals surface area contributed by atoms with E-state index in [-0.39, 0.29) is 5.25 Å². The highest BCUT2D eigenvalue weighted by atomic mass is 32.2. The van der Waals surface area contributed by atoms with Gasteiger partial charge in [-0.1, -0.05) is 6.42 Å². The van der Waals surface area contributed by atoms with Crippen molar-refractivity contribution in [2.45, 2.75) is 56.4 Å². The van der Waals surface area contributed by atoms with Gasteiger partial charge in [-0.2, -0.15) is 0 Å². The van der Waals surface area contributed by atoms with Crippen LogP contribution in [0.1, 0.15) is 39.0 Å². The van der Waals surface area contributed by atoms with Gasteiger partial charge in [0, 0.05) is 18.6 Å². The molecule has 0 amide bonds.